The largest absolute Gasteiger partial charge is 0.454 e. The molecule has 38 heavy (non-hydrogen) atoms. The van der Waals surface area contributed by atoms with Gasteiger partial charge in [-0.15, -0.1) is 0 Å². The van der Waals surface area contributed by atoms with Crippen LogP contribution in [-0.4, -0.2) is 45.1 Å². The van der Waals surface area contributed by atoms with Gasteiger partial charge in [0.15, 0.2) is 17.2 Å². The van der Waals surface area contributed by atoms with Crippen molar-refractivity contribution in [2.75, 3.05) is 25.1 Å². The third-order valence-electron chi connectivity index (χ3n) is 6.35. The van der Waals surface area contributed by atoms with Crippen LogP contribution in [0.25, 0.3) is 5.69 Å². The Morgan fingerprint density at radius 3 is 2.47 bits per heavy atom. The second kappa shape index (κ2) is 9.68. The number of pyridine rings is 1. The van der Waals surface area contributed by atoms with Gasteiger partial charge in [0.05, 0.1) is 25.3 Å². The van der Waals surface area contributed by atoms with Crippen molar-refractivity contribution in [1.82, 2.24) is 19.3 Å². The van der Waals surface area contributed by atoms with Gasteiger partial charge in [-0.3, -0.25) is 4.57 Å². The molecule has 0 aliphatic carbocycles. The predicted molar refractivity (Wildman–Crippen MR) is 130 cm³/mol. The summed E-state index contributed by atoms with van der Waals surface area (Å²) in [5, 5.41) is 13.2. The molecule has 1 aliphatic heterocycles. The van der Waals surface area contributed by atoms with Crippen LogP contribution in [0.2, 0.25) is 0 Å². The quantitative estimate of drug-likeness (QED) is 0.365. The van der Waals surface area contributed by atoms with E-state index in [0.29, 0.717) is 30.2 Å². The van der Waals surface area contributed by atoms with E-state index in [1.165, 1.54) is 25.3 Å². The number of halogens is 3. The number of nitriles is 1. The SMILES string of the molecule is COC1(C#N)CN(c2cc(Oc3ccc(-n4ncn(Cc5c(F)cccc5F)c4=O)cc3F)c(C)cn2)C1. The molecule has 0 spiro atoms. The molecule has 1 saturated heterocycles. The van der Waals surface area contributed by atoms with Crippen molar-refractivity contribution < 1.29 is 22.6 Å². The average molecular weight is 522 g/mol. The van der Waals surface area contributed by atoms with Crippen molar-refractivity contribution in [3.63, 3.8) is 0 Å². The molecule has 1 aliphatic rings. The summed E-state index contributed by atoms with van der Waals surface area (Å²) >= 11 is 0. The van der Waals surface area contributed by atoms with E-state index in [2.05, 4.69) is 16.2 Å². The number of aryl methyl sites for hydroxylation is 1. The Labute approximate surface area is 214 Å². The van der Waals surface area contributed by atoms with Crippen molar-refractivity contribution in [2.45, 2.75) is 19.1 Å². The van der Waals surface area contributed by atoms with Gasteiger partial charge in [-0.25, -0.2) is 22.9 Å². The molecule has 0 bridgehead atoms. The summed E-state index contributed by atoms with van der Waals surface area (Å²) in [6.07, 6.45) is 2.71. The third-order valence-corrected chi connectivity index (χ3v) is 6.35. The number of hydrogen-bond donors (Lipinski definition) is 0. The first-order chi connectivity index (χ1) is 18.2. The molecular formula is C26H21F3N6O3. The summed E-state index contributed by atoms with van der Waals surface area (Å²) in [5.74, 6) is -1.51. The second-order valence-electron chi connectivity index (χ2n) is 8.84. The Morgan fingerprint density at radius 2 is 1.82 bits per heavy atom. The number of hydrogen-bond acceptors (Lipinski definition) is 7. The van der Waals surface area contributed by atoms with Crippen LogP contribution >= 0.6 is 0 Å². The number of benzene rings is 2. The number of rotatable bonds is 7. The first kappa shape index (κ1) is 25.0. The molecule has 0 saturated carbocycles. The minimum Gasteiger partial charge on any atom is -0.454 e. The van der Waals surface area contributed by atoms with Crippen molar-refractivity contribution >= 4 is 5.82 Å². The maximum atomic E-state index is 15.0. The van der Waals surface area contributed by atoms with E-state index in [-0.39, 0.29) is 23.5 Å². The van der Waals surface area contributed by atoms with Crippen molar-refractivity contribution in [2.24, 2.45) is 0 Å². The van der Waals surface area contributed by atoms with Crippen LogP contribution < -0.4 is 15.3 Å². The Balaban J connectivity index is 1.35. The van der Waals surface area contributed by atoms with Gasteiger partial charge in [0.25, 0.3) is 0 Å². The molecule has 3 heterocycles. The molecule has 0 unspecified atom stereocenters. The Bertz CT molecular complexity index is 1600. The molecule has 12 heteroatoms. The summed E-state index contributed by atoms with van der Waals surface area (Å²) in [4.78, 5) is 19.0. The molecule has 194 valence electrons. The lowest BCUT2D eigenvalue weighted by atomic mass is 9.96. The van der Waals surface area contributed by atoms with E-state index in [4.69, 9.17) is 9.47 Å². The first-order valence-corrected chi connectivity index (χ1v) is 11.5. The summed E-state index contributed by atoms with van der Waals surface area (Å²) in [7, 11) is 1.48. The van der Waals surface area contributed by atoms with Crippen molar-refractivity contribution in [1.29, 1.82) is 5.26 Å². The normalized spacial score (nSPS) is 14.2. The Kier molecular flexibility index (Phi) is 6.38. The fourth-order valence-electron chi connectivity index (χ4n) is 4.05. The molecule has 2 aromatic carbocycles. The number of methoxy groups -OCH3 is 1. The fourth-order valence-corrected chi connectivity index (χ4v) is 4.05. The van der Waals surface area contributed by atoms with E-state index in [9.17, 15) is 18.8 Å². The highest BCUT2D eigenvalue weighted by Gasteiger charge is 2.44. The van der Waals surface area contributed by atoms with Crippen LogP contribution in [-0.2, 0) is 11.3 Å². The zero-order valence-corrected chi connectivity index (χ0v) is 20.4. The van der Waals surface area contributed by atoms with Crippen LogP contribution in [0.1, 0.15) is 11.1 Å². The average Bonchev–Trinajstić information content (AvgIpc) is 3.24. The van der Waals surface area contributed by atoms with Crippen LogP contribution in [0.15, 0.2) is 59.8 Å². The number of aromatic nitrogens is 4. The number of anilines is 1. The van der Waals surface area contributed by atoms with Crippen molar-refractivity contribution in [3.05, 3.63) is 94.1 Å². The minimum atomic E-state index is -0.885. The Morgan fingerprint density at radius 1 is 1.08 bits per heavy atom. The van der Waals surface area contributed by atoms with Crippen LogP contribution in [0.5, 0.6) is 11.5 Å². The maximum absolute atomic E-state index is 15.0. The molecule has 9 nitrogen and oxygen atoms in total. The fraction of sp³-hybridized carbons (Fsp3) is 0.231. The van der Waals surface area contributed by atoms with E-state index < -0.39 is 28.7 Å². The Hall–Kier alpha value is -4.63. The van der Waals surface area contributed by atoms with Gasteiger partial charge < -0.3 is 14.4 Å². The van der Waals surface area contributed by atoms with Crippen molar-refractivity contribution in [3.8, 4) is 23.3 Å². The highest BCUT2D eigenvalue weighted by atomic mass is 19.1. The molecule has 0 N–H and O–H groups in total. The van der Waals surface area contributed by atoms with Crippen LogP contribution in [0.3, 0.4) is 0 Å². The summed E-state index contributed by atoms with van der Waals surface area (Å²) in [5.41, 5.74) is -1.10. The molecule has 0 radical (unpaired) electrons. The van der Waals surface area contributed by atoms with E-state index in [1.807, 2.05) is 4.90 Å². The third kappa shape index (κ3) is 4.48. The molecule has 1 fully saturated rings. The van der Waals surface area contributed by atoms with E-state index in [0.717, 1.165) is 33.8 Å². The van der Waals surface area contributed by atoms with E-state index in [1.54, 1.807) is 19.2 Å². The van der Waals surface area contributed by atoms with Gasteiger partial charge >= 0.3 is 5.69 Å². The van der Waals surface area contributed by atoms with E-state index >= 15 is 4.39 Å². The number of ether oxygens (including phenoxy) is 2. The first-order valence-electron chi connectivity index (χ1n) is 11.5. The molecule has 0 amide bonds. The summed E-state index contributed by atoms with van der Waals surface area (Å²) < 4.78 is 56.0. The molecule has 0 atom stereocenters. The molecule has 2 aromatic heterocycles. The molecular weight excluding hydrogens is 501 g/mol. The standard InChI is InChI=1S/C26H21F3N6O3/c1-16-10-31-24(34-13-26(12-30,14-34)37-2)9-23(16)38-22-7-6-17(8-21(22)29)35-25(36)33(15-32-35)11-18-19(27)4-3-5-20(18)28/h3-10,15H,11,13-14H2,1-2H3. The van der Waals surface area contributed by atoms with Gasteiger partial charge in [0, 0.05) is 36.6 Å². The monoisotopic (exact) mass is 522 g/mol. The lowest BCUT2D eigenvalue weighted by molar-refractivity contribution is 0.0151. The topological polar surface area (TPSA) is 98.2 Å². The number of nitrogens with zero attached hydrogens (tertiary/aromatic N) is 6. The molecule has 4 aromatic rings. The summed E-state index contributed by atoms with van der Waals surface area (Å²) in [6, 6.07) is 11.1. The second-order valence-corrected chi connectivity index (χ2v) is 8.84. The lowest BCUT2D eigenvalue weighted by Crippen LogP contribution is -2.62. The van der Waals surface area contributed by atoms with Crippen LogP contribution in [0.4, 0.5) is 19.0 Å². The zero-order valence-electron chi connectivity index (χ0n) is 20.4. The highest BCUT2D eigenvalue weighted by Crippen LogP contribution is 2.34. The van der Waals surface area contributed by atoms with Gasteiger partial charge in [-0.05, 0) is 31.2 Å². The van der Waals surface area contributed by atoms with Gasteiger partial charge in [-0.1, -0.05) is 6.07 Å². The van der Waals surface area contributed by atoms with Crippen LogP contribution in [0, 0.1) is 35.7 Å². The maximum Gasteiger partial charge on any atom is 0.350 e. The van der Waals surface area contributed by atoms with Gasteiger partial charge in [0.1, 0.15) is 35.6 Å². The smallest absolute Gasteiger partial charge is 0.350 e. The van der Waals surface area contributed by atoms with Gasteiger partial charge in [-0.2, -0.15) is 15.0 Å². The minimum absolute atomic E-state index is 0.0956. The lowest BCUT2D eigenvalue weighted by Gasteiger charge is -2.44. The predicted octanol–water partition coefficient (Wildman–Crippen LogP) is 3.72. The zero-order chi connectivity index (χ0) is 27.0. The molecule has 5 rings (SSSR count). The summed E-state index contributed by atoms with van der Waals surface area (Å²) in [6.45, 7) is 2.06. The van der Waals surface area contributed by atoms with Gasteiger partial charge in [0.2, 0.25) is 0 Å². The highest BCUT2D eigenvalue weighted by molar-refractivity contribution is 5.52.